The highest BCUT2D eigenvalue weighted by atomic mass is 35.5. The van der Waals surface area contributed by atoms with Crippen LogP contribution >= 0.6 is 11.6 Å². The molecule has 3 nitrogen and oxygen atoms in total. The van der Waals surface area contributed by atoms with E-state index in [2.05, 4.69) is 4.98 Å². The first-order valence-corrected chi connectivity index (χ1v) is 5.66. The average Bonchev–Trinajstić information content (AvgIpc) is 2.34. The molecule has 4 heteroatoms. The van der Waals surface area contributed by atoms with Gasteiger partial charge in [0.1, 0.15) is 11.5 Å². The van der Waals surface area contributed by atoms with Gasteiger partial charge in [-0.1, -0.05) is 17.7 Å². The summed E-state index contributed by atoms with van der Waals surface area (Å²) in [5.41, 5.74) is 7.40. The number of pyridine rings is 1. The van der Waals surface area contributed by atoms with Crippen molar-refractivity contribution in [2.24, 2.45) is 5.73 Å². The predicted molar refractivity (Wildman–Crippen MR) is 68.4 cm³/mol. The number of rotatable bonds is 3. The molecule has 2 aromatic rings. The van der Waals surface area contributed by atoms with Crippen molar-refractivity contribution < 1.29 is 4.74 Å². The van der Waals surface area contributed by atoms with Crippen molar-refractivity contribution in [1.82, 2.24) is 4.98 Å². The highest BCUT2D eigenvalue weighted by molar-refractivity contribution is 6.32. The highest BCUT2D eigenvalue weighted by Crippen LogP contribution is 2.30. The summed E-state index contributed by atoms with van der Waals surface area (Å²) in [5, 5.41) is 0.585. The third-order valence-electron chi connectivity index (χ3n) is 2.31. The zero-order valence-electron chi connectivity index (χ0n) is 9.48. The van der Waals surface area contributed by atoms with Gasteiger partial charge >= 0.3 is 0 Å². The Morgan fingerprint density at radius 2 is 2.12 bits per heavy atom. The number of hydrogen-bond donors (Lipinski definition) is 1. The van der Waals surface area contributed by atoms with Crippen molar-refractivity contribution in [3.05, 3.63) is 52.8 Å². The summed E-state index contributed by atoms with van der Waals surface area (Å²) in [6.45, 7) is 2.37. The fourth-order valence-corrected chi connectivity index (χ4v) is 1.60. The standard InChI is InChI=1S/C13H13ClN2O/c1-9-2-3-12(14)13(6-9)17-11-4-5-16-10(7-11)8-15/h2-7H,8,15H2,1H3. The van der Waals surface area contributed by atoms with Crippen LogP contribution in [0.15, 0.2) is 36.5 Å². The van der Waals surface area contributed by atoms with E-state index in [4.69, 9.17) is 22.1 Å². The maximum absolute atomic E-state index is 6.05. The van der Waals surface area contributed by atoms with Gasteiger partial charge in [-0.3, -0.25) is 4.98 Å². The van der Waals surface area contributed by atoms with E-state index in [1.807, 2.05) is 25.1 Å². The summed E-state index contributed by atoms with van der Waals surface area (Å²) in [7, 11) is 0. The molecule has 0 aliphatic rings. The van der Waals surface area contributed by atoms with Crippen LogP contribution < -0.4 is 10.5 Å². The van der Waals surface area contributed by atoms with Gasteiger partial charge in [0.2, 0.25) is 0 Å². The van der Waals surface area contributed by atoms with E-state index in [1.54, 1.807) is 18.3 Å². The topological polar surface area (TPSA) is 48.1 Å². The smallest absolute Gasteiger partial charge is 0.146 e. The van der Waals surface area contributed by atoms with Crippen LogP contribution in [0.3, 0.4) is 0 Å². The van der Waals surface area contributed by atoms with Gasteiger partial charge < -0.3 is 10.5 Å². The summed E-state index contributed by atoms with van der Waals surface area (Å²) >= 11 is 6.05. The van der Waals surface area contributed by atoms with Crippen LogP contribution in [0, 0.1) is 6.92 Å². The first-order valence-electron chi connectivity index (χ1n) is 5.28. The van der Waals surface area contributed by atoms with Crippen LogP contribution in [-0.2, 0) is 6.54 Å². The number of halogens is 1. The van der Waals surface area contributed by atoms with Gasteiger partial charge in [-0.2, -0.15) is 0 Å². The normalized spacial score (nSPS) is 10.3. The minimum absolute atomic E-state index is 0.388. The van der Waals surface area contributed by atoms with Crippen LogP contribution in [0.5, 0.6) is 11.5 Å². The minimum Gasteiger partial charge on any atom is -0.456 e. The third-order valence-corrected chi connectivity index (χ3v) is 2.62. The van der Waals surface area contributed by atoms with Gasteiger partial charge in [0.15, 0.2) is 0 Å². The third kappa shape index (κ3) is 2.96. The highest BCUT2D eigenvalue weighted by Gasteiger charge is 2.04. The van der Waals surface area contributed by atoms with Crippen molar-refractivity contribution >= 4 is 11.6 Å². The van der Waals surface area contributed by atoms with E-state index in [1.165, 1.54) is 0 Å². The molecule has 17 heavy (non-hydrogen) atoms. The quantitative estimate of drug-likeness (QED) is 0.907. The largest absolute Gasteiger partial charge is 0.456 e. The Kier molecular flexibility index (Phi) is 3.61. The van der Waals surface area contributed by atoms with Crippen molar-refractivity contribution in [2.45, 2.75) is 13.5 Å². The monoisotopic (exact) mass is 248 g/mol. The number of ether oxygens (including phenoxy) is 1. The molecule has 1 aromatic carbocycles. The molecule has 1 heterocycles. The molecule has 0 spiro atoms. The first kappa shape index (κ1) is 11.9. The Morgan fingerprint density at radius 3 is 2.88 bits per heavy atom. The Hall–Kier alpha value is -1.58. The predicted octanol–water partition coefficient (Wildman–Crippen LogP) is 3.29. The molecule has 1 aromatic heterocycles. The van der Waals surface area contributed by atoms with Crippen LogP contribution in [-0.4, -0.2) is 4.98 Å². The zero-order valence-corrected chi connectivity index (χ0v) is 10.2. The molecule has 0 aliphatic heterocycles. The molecular weight excluding hydrogens is 236 g/mol. The Bertz CT molecular complexity index is 529. The van der Waals surface area contributed by atoms with Crippen molar-refractivity contribution in [3.8, 4) is 11.5 Å². The Labute approximate surface area is 105 Å². The SMILES string of the molecule is Cc1ccc(Cl)c(Oc2ccnc(CN)c2)c1. The first-order chi connectivity index (χ1) is 8.19. The fourth-order valence-electron chi connectivity index (χ4n) is 1.45. The molecule has 0 saturated carbocycles. The van der Waals surface area contributed by atoms with Gasteiger partial charge in [-0.05, 0) is 30.7 Å². The van der Waals surface area contributed by atoms with E-state index in [9.17, 15) is 0 Å². The number of benzene rings is 1. The molecule has 0 unspecified atom stereocenters. The maximum Gasteiger partial charge on any atom is 0.146 e. The average molecular weight is 249 g/mol. The molecule has 0 aliphatic carbocycles. The lowest BCUT2D eigenvalue weighted by Crippen LogP contribution is -1.99. The molecule has 88 valence electrons. The summed E-state index contributed by atoms with van der Waals surface area (Å²) in [6.07, 6.45) is 1.67. The molecule has 2 N–H and O–H groups in total. The van der Waals surface area contributed by atoms with Gasteiger partial charge in [0, 0.05) is 18.8 Å². The molecule has 0 bridgehead atoms. The maximum atomic E-state index is 6.05. The van der Waals surface area contributed by atoms with Crippen molar-refractivity contribution in [1.29, 1.82) is 0 Å². The van der Waals surface area contributed by atoms with E-state index in [0.29, 0.717) is 23.1 Å². The molecule has 0 saturated heterocycles. The number of hydrogen-bond acceptors (Lipinski definition) is 3. The van der Waals surface area contributed by atoms with Gasteiger partial charge in [-0.25, -0.2) is 0 Å². The van der Waals surface area contributed by atoms with Crippen LogP contribution in [0.4, 0.5) is 0 Å². The minimum atomic E-state index is 0.388. The molecular formula is C13H13ClN2O. The van der Waals surface area contributed by atoms with Crippen LogP contribution in [0.25, 0.3) is 0 Å². The van der Waals surface area contributed by atoms with Crippen molar-refractivity contribution in [3.63, 3.8) is 0 Å². The molecule has 0 atom stereocenters. The summed E-state index contributed by atoms with van der Waals surface area (Å²) in [6, 6.07) is 9.23. The van der Waals surface area contributed by atoms with Crippen LogP contribution in [0.2, 0.25) is 5.02 Å². The number of aryl methyl sites for hydroxylation is 1. The zero-order chi connectivity index (χ0) is 12.3. The lowest BCUT2D eigenvalue weighted by atomic mass is 10.2. The van der Waals surface area contributed by atoms with E-state index < -0.39 is 0 Å². The molecule has 0 fully saturated rings. The second-order valence-corrected chi connectivity index (χ2v) is 4.13. The second-order valence-electron chi connectivity index (χ2n) is 3.72. The van der Waals surface area contributed by atoms with Crippen molar-refractivity contribution in [2.75, 3.05) is 0 Å². The van der Waals surface area contributed by atoms with Gasteiger partial charge in [-0.15, -0.1) is 0 Å². The summed E-state index contributed by atoms with van der Waals surface area (Å²) < 4.78 is 5.70. The number of aromatic nitrogens is 1. The fraction of sp³-hybridized carbons (Fsp3) is 0.154. The van der Waals surface area contributed by atoms with Gasteiger partial charge in [0.25, 0.3) is 0 Å². The van der Waals surface area contributed by atoms with Crippen LogP contribution in [0.1, 0.15) is 11.3 Å². The Balaban J connectivity index is 2.27. The van der Waals surface area contributed by atoms with E-state index in [0.717, 1.165) is 11.3 Å². The molecule has 0 amide bonds. The molecule has 2 rings (SSSR count). The Morgan fingerprint density at radius 1 is 1.29 bits per heavy atom. The summed E-state index contributed by atoms with van der Waals surface area (Å²) in [4.78, 5) is 4.10. The lowest BCUT2D eigenvalue weighted by Gasteiger charge is -2.08. The van der Waals surface area contributed by atoms with Gasteiger partial charge in [0.05, 0.1) is 10.7 Å². The second kappa shape index (κ2) is 5.17. The van der Waals surface area contributed by atoms with E-state index in [-0.39, 0.29) is 0 Å². The number of nitrogens with zero attached hydrogens (tertiary/aromatic N) is 1. The lowest BCUT2D eigenvalue weighted by molar-refractivity contribution is 0.481. The summed E-state index contributed by atoms with van der Waals surface area (Å²) in [5.74, 6) is 1.33. The molecule has 0 radical (unpaired) electrons. The van der Waals surface area contributed by atoms with E-state index >= 15 is 0 Å². The number of nitrogens with two attached hydrogens (primary N) is 1.